The molecule has 0 radical (unpaired) electrons. The number of halogens is 1. The van der Waals surface area contributed by atoms with Crippen LogP contribution >= 0.6 is 11.6 Å². The molecule has 3 aromatic rings. The third-order valence-corrected chi connectivity index (χ3v) is 3.82. The van der Waals surface area contributed by atoms with Gasteiger partial charge in [-0.05, 0) is 17.7 Å². The second-order valence-electron chi connectivity index (χ2n) is 5.23. The molecule has 0 aliphatic heterocycles. The van der Waals surface area contributed by atoms with E-state index in [2.05, 4.69) is 4.98 Å². The van der Waals surface area contributed by atoms with Gasteiger partial charge in [0.25, 0.3) is 5.09 Å². The summed E-state index contributed by atoms with van der Waals surface area (Å²) in [5, 5.41) is 10.9. The van der Waals surface area contributed by atoms with Crippen molar-refractivity contribution < 1.29 is 9.92 Å². The summed E-state index contributed by atoms with van der Waals surface area (Å²) in [6, 6.07) is 16.1. The van der Waals surface area contributed by atoms with E-state index < -0.39 is 5.09 Å². The molecule has 0 saturated carbocycles. The van der Waals surface area contributed by atoms with Gasteiger partial charge in [-0.1, -0.05) is 54.1 Å². The number of nitrogens with zero attached hydrogens (tertiary/aromatic N) is 3. The second kappa shape index (κ2) is 7.63. The van der Waals surface area contributed by atoms with Crippen molar-refractivity contribution >= 4 is 22.9 Å². The molecular weight excluding hydrogens is 342 g/mol. The fourth-order valence-electron chi connectivity index (χ4n) is 2.45. The zero-order chi connectivity index (χ0) is 17.6. The maximum absolute atomic E-state index is 11.1. The van der Waals surface area contributed by atoms with Crippen molar-refractivity contribution in [1.29, 1.82) is 0 Å². The lowest BCUT2D eigenvalue weighted by Crippen LogP contribution is -2.07. The Hall–Kier alpha value is -3.12. The van der Waals surface area contributed by atoms with Crippen molar-refractivity contribution in [2.24, 2.45) is 0 Å². The molecule has 1 aromatic heterocycles. The van der Waals surface area contributed by atoms with Crippen molar-refractivity contribution in [3.63, 3.8) is 0 Å². The van der Waals surface area contributed by atoms with Crippen LogP contribution < -0.4 is 0 Å². The van der Waals surface area contributed by atoms with Crippen LogP contribution in [0.4, 0.5) is 0 Å². The van der Waals surface area contributed by atoms with E-state index in [1.807, 2.05) is 10.6 Å². The number of allylic oxidation sites excluding steroid dienone is 1. The van der Waals surface area contributed by atoms with E-state index in [9.17, 15) is 10.1 Å². The van der Waals surface area contributed by atoms with Crippen molar-refractivity contribution in [1.82, 2.24) is 9.55 Å². The zero-order valence-corrected chi connectivity index (χ0v) is 13.8. The van der Waals surface area contributed by atoms with Crippen LogP contribution in [0.2, 0.25) is 5.02 Å². The molecule has 2 aromatic carbocycles. The maximum atomic E-state index is 11.1. The first-order valence-corrected chi connectivity index (χ1v) is 7.84. The van der Waals surface area contributed by atoms with E-state index in [4.69, 9.17) is 16.4 Å². The quantitative estimate of drug-likeness (QED) is 0.286. The van der Waals surface area contributed by atoms with Crippen LogP contribution in [0.1, 0.15) is 11.1 Å². The number of hydrogen-bond acceptors (Lipinski definition) is 4. The zero-order valence-electron chi connectivity index (χ0n) is 13.1. The fraction of sp³-hybridized carbons (Fsp3) is 0.0556. The molecule has 0 saturated heterocycles. The standard InChI is InChI=1S/C18H14ClN3O3/c19-16-8-6-14(7-9-16)17(12-21-11-10-20-13-21)18(25-22(23)24)15-4-2-1-3-5-15/h1-11,13H,12H2. The van der Waals surface area contributed by atoms with Gasteiger partial charge in [-0.3, -0.25) is 4.84 Å². The Bertz CT molecular complexity index is 876. The molecule has 0 spiro atoms. The SMILES string of the molecule is O=[N+]([O-])OC(=C(Cn1ccnc1)c1ccc(Cl)cc1)c1ccccc1. The maximum Gasteiger partial charge on any atom is 0.299 e. The summed E-state index contributed by atoms with van der Waals surface area (Å²) in [7, 11) is 0. The first kappa shape index (κ1) is 16.7. The molecule has 7 heteroatoms. The van der Waals surface area contributed by atoms with Crippen molar-refractivity contribution in [3.05, 3.63) is 99.6 Å². The molecule has 126 valence electrons. The molecule has 0 aliphatic rings. The summed E-state index contributed by atoms with van der Waals surface area (Å²) < 4.78 is 1.82. The fourth-order valence-corrected chi connectivity index (χ4v) is 2.58. The van der Waals surface area contributed by atoms with Gasteiger partial charge in [-0.15, -0.1) is 10.1 Å². The van der Waals surface area contributed by atoms with Crippen molar-refractivity contribution in [3.8, 4) is 0 Å². The molecule has 0 aliphatic carbocycles. The molecular formula is C18H14ClN3O3. The third-order valence-electron chi connectivity index (χ3n) is 3.57. The van der Waals surface area contributed by atoms with Crippen molar-refractivity contribution in [2.75, 3.05) is 0 Å². The summed E-state index contributed by atoms with van der Waals surface area (Å²) in [4.78, 5) is 20.1. The van der Waals surface area contributed by atoms with E-state index >= 15 is 0 Å². The molecule has 1 heterocycles. The van der Waals surface area contributed by atoms with Crippen LogP contribution in [-0.2, 0) is 11.4 Å². The van der Waals surface area contributed by atoms with Crippen molar-refractivity contribution in [2.45, 2.75) is 6.54 Å². The normalized spacial score (nSPS) is 11.7. The predicted molar refractivity (Wildman–Crippen MR) is 95.0 cm³/mol. The molecule has 0 amide bonds. The molecule has 0 unspecified atom stereocenters. The minimum absolute atomic E-state index is 0.182. The Labute approximate surface area is 149 Å². The second-order valence-corrected chi connectivity index (χ2v) is 5.67. The largest absolute Gasteiger partial charge is 0.333 e. The molecule has 0 N–H and O–H groups in total. The Balaban J connectivity index is 2.17. The van der Waals surface area contributed by atoms with E-state index in [1.165, 1.54) is 0 Å². The lowest BCUT2D eigenvalue weighted by molar-refractivity contribution is -0.730. The Kier molecular flexibility index (Phi) is 5.11. The summed E-state index contributed by atoms with van der Waals surface area (Å²) >= 11 is 5.97. The minimum atomic E-state index is -0.799. The van der Waals surface area contributed by atoms with Gasteiger partial charge >= 0.3 is 0 Å². The molecule has 25 heavy (non-hydrogen) atoms. The Morgan fingerprint density at radius 1 is 1.12 bits per heavy atom. The average Bonchev–Trinajstić information content (AvgIpc) is 3.13. The minimum Gasteiger partial charge on any atom is -0.333 e. The topological polar surface area (TPSA) is 70.2 Å². The van der Waals surface area contributed by atoms with Gasteiger partial charge < -0.3 is 4.57 Å². The van der Waals surface area contributed by atoms with Crippen LogP contribution in [0.25, 0.3) is 11.3 Å². The van der Waals surface area contributed by atoms with Gasteiger partial charge in [0.15, 0.2) is 0 Å². The number of hydrogen-bond donors (Lipinski definition) is 0. The predicted octanol–water partition coefficient (Wildman–Crippen LogP) is 4.31. The highest BCUT2D eigenvalue weighted by molar-refractivity contribution is 6.30. The summed E-state index contributed by atoms with van der Waals surface area (Å²) in [5.74, 6) is 0.182. The lowest BCUT2D eigenvalue weighted by Gasteiger charge is -2.15. The highest BCUT2D eigenvalue weighted by Crippen LogP contribution is 2.29. The summed E-state index contributed by atoms with van der Waals surface area (Å²) in [6.45, 7) is 0.361. The van der Waals surface area contributed by atoms with Gasteiger partial charge in [0, 0.05) is 28.6 Å². The van der Waals surface area contributed by atoms with Gasteiger partial charge in [0.05, 0.1) is 12.9 Å². The number of benzene rings is 2. The van der Waals surface area contributed by atoms with Gasteiger partial charge in [-0.2, -0.15) is 0 Å². The van der Waals surface area contributed by atoms with Gasteiger partial charge in [0.2, 0.25) is 0 Å². The third kappa shape index (κ3) is 4.24. The molecule has 0 atom stereocenters. The summed E-state index contributed by atoms with van der Waals surface area (Å²) in [6.07, 6.45) is 5.07. The molecule has 0 bridgehead atoms. The highest BCUT2D eigenvalue weighted by atomic mass is 35.5. The van der Waals surface area contributed by atoms with Gasteiger partial charge in [0.1, 0.15) is 5.76 Å². The first-order chi connectivity index (χ1) is 12.1. The summed E-state index contributed by atoms with van der Waals surface area (Å²) in [5.41, 5.74) is 2.04. The highest BCUT2D eigenvalue weighted by Gasteiger charge is 2.16. The number of imidazole rings is 1. The van der Waals surface area contributed by atoms with Crippen LogP contribution in [0, 0.1) is 10.1 Å². The Morgan fingerprint density at radius 2 is 1.84 bits per heavy atom. The average molecular weight is 356 g/mol. The van der Waals surface area contributed by atoms with Crippen LogP contribution in [0.3, 0.4) is 0 Å². The van der Waals surface area contributed by atoms with E-state index in [-0.39, 0.29) is 5.76 Å². The van der Waals surface area contributed by atoms with Crippen LogP contribution in [0.15, 0.2) is 73.3 Å². The monoisotopic (exact) mass is 355 g/mol. The van der Waals surface area contributed by atoms with E-state index in [0.29, 0.717) is 22.7 Å². The number of aromatic nitrogens is 2. The van der Waals surface area contributed by atoms with E-state index in [0.717, 1.165) is 5.56 Å². The van der Waals surface area contributed by atoms with Crippen LogP contribution in [-0.4, -0.2) is 14.6 Å². The molecule has 3 rings (SSSR count). The first-order valence-electron chi connectivity index (χ1n) is 7.46. The number of rotatable bonds is 6. The van der Waals surface area contributed by atoms with Crippen LogP contribution in [0.5, 0.6) is 0 Å². The molecule has 6 nitrogen and oxygen atoms in total. The van der Waals surface area contributed by atoms with E-state index in [1.54, 1.807) is 67.3 Å². The lowest BCUT2D eigenvalue weighted by atomic mass is 10.0. The molecule has 0 fully saturated rings. The van der Waals surface area contributed by atoms with Gasteiger partial charge in [-0.25, -0.2) is 4.98 Å². The Morgan fingerprint density at radius 3 is 2.44 bits per heavy atom. The smallest absolute Gasteiger partial charge is 0.299 e.